The van der Waals surface area contributed by atoms with Crippen molar-refractivity contribution in [3.63, 3.8) is 0 Å². The fourth-order valence-corrected chi connectivity index (χ4v) is 3.26. The number of fused-ring (bicyclic) bond motifs is 1. The Morgan fingerprint density at radius 2 is 2.16 bits per heavy atom. The molecule has 7 nitrogen and oxygen atoms in total. The molecule has 4 rings (SSSR count). The Hall–Kier alpha value is -2.67. The predicted molar refractivity (Wildman–Crippen MR) is 96.7 cm³/mol. The molecule has 3 aromatic rings. The number of hydrogen-bond donors (Lipinski definition) is 2. The molecule has 7 heteroatoms. The van der Waals surface area contributed by atoms with E-state index in [0.717, 1.165) is 49.3 Å². The van der Waals surface area contributed by atoms with Gasteiger partial charge < -0.3 is 10.6 Å². The van der Waals surface area contributed by atoms with E-state index in [1.807, 2.05) is 30.8 Å². The van der Waals surface area contributed by atoms with Crippen LogP contribution in [-0.2, 0) is 13.1 Å². The van der Waals surface area contributed by atoms with Crippen molar-refractivity contribution in [1.29, 1.82) is 0 Å². The largest absolute Gasteiger partial charge is 0.370 e. The SMILES string of the molecule is Cc1cc2n(n1)C[C@@H](CNCc1ccnc(-n3ccnc3C)c1)CN2. The van der Waals surface area contributed by atoms with Crippen LogP contribution in [0.4, 0.5) is 5.82 Å². The third-order valence-electron chi connectivity index (χ3n) is 4.55. The minimum Gasteiger partial charge on any atom is -0.370 e. The van der Waals surface area contributed by atoms with E-state index < -0.39 is 0 Å². The second-order valence-corrected chi connectivity index (χ2v) is 6.60. The molecular formula is C18H23N7. The molecule has 1 aliphatic heterocycles. The Labute approximate surface area is 147 Å². The third-order valence-corrected chi connectivity index (χ3v) is 4.55. The molecule has 2 N–H and O–H groups in total. The summed E-state index contributed by atoms with van der Waals surface area (Å²) < 4.78 is 4.06. The normalized spacial score (nSPS) is 16.5. The highest BCUT2D eigenvalue weighted by molar-refractivity contribution is 5.38. The number of rotatable bonds is 5. The van der Waals surface area contributed by atoms with Crippen LogP contribution in [0, 0.1) is 19.8 Å². The molecule has 0 radical (unpaired) electrons. The number of nitrogens with one attached hydrogen (secondary N) is 2. The van der Waals surface area contributed by atoms with Crippen LogP contribution in [0.1, 0.15) is 17.1 Å². The Kier molecular flexibility index (Phi) is 4.23. The summed E-state index contributed by atoms with van der Waals surface area (Å²) in [6, 6.07) is 6.26. The van der Waals surface area contributed by atoms with Crippen LogP contribution < -0.4 is 10.6 Å². The molecular weight excluding hydrogens is 314 g/mol. The first kappa shape index (κ1) is 15.8. The van der Waals surface area contributed by atoms with Gasteiger partial charge in [-0.1, -0.05) is 0 Å². The van der Waals surface area contributed by atoms with Crippen molar-refractivity contribution in [2.75, 3.05) is 18.4 Å². The molecule has 130 valence electrons. The standard InChI is InChI=1S/C18H23N7/c1-13-7-18-22-11-16(12-25(18)23-13)10-19-9-15-3-4-21-17(8-15)24-6-5-20-14(24)2/h3-8,16,19,22H,9-12H2,1-2H3/t16-/m0/s1. The quantitative estimate of drug-likeness (QED) is 0.744. The molecule has 0 aromatic carbocycles. The van der Waals surface area contributed by atoms with E-state index in [2.05, 4.69) is 48.6 Å². The van der Waals surface area contributed by atoms with Gasteiger partial charge in [-0.15, -0.1) is 0 Å². The van der Waals surface area contributed by atoms with E-state index in [1.165, 1.54) is 5.56 Å². The van der Waals surface area contributed by atoms with E-state index in [9.17, 15) is 0 Å². The lowest BCUT2D eigenvalue weighted by atomic mass is 10.1. The molecule has 0 amide bonds. The molecule has 0 unspecified atom stereocenters. The maximum Gasteiger partial charge on any atom is 0.138 e. The molecule has 0 saturated heterocycles. The van der Waals surface area contributed by atoms with Gasteiger partial charge in [-0.2, -0.15) is 5.10 Å². The van der Waals surface area contributed by atoms with Crippen molar-refractivity contribution in [1.82, 2.24) is 29.6 Å². The van der Waals surface area contributed by atoms with E-state index >= 15 is 0 Å². The first-order valence-corrected chi connectivity index (χ1v) is 8.63. The minimum absolute atomic E-state index is 0.531. The number of aromatic nitrogens is 5. The molecule has 0 saturated carbocycles. The Morgan fingerprint density at radius 3 is 3.00 bits per heavy atom. The van der Waals surface area contributed by atoms with E-state index in [4.69, 9.17) is 0 Å². The van der Waals surface area contributed by atoms with Gasteiger partial charge in [0, 0.05) is 56.8 Å². The monoisotopic (exact) mass is 337 g/mol. The van der Waals surface area contributed by atoms with Gasteiger partial charge in [-0.25, -0.2) is 14.6 Å². The summed E-state index contributed by atoms with van der Waals surface area (Å²) in [6.45, 7) is 7.72. The van der Waals surface area contributed by atoms with Crippen molar-refractivity contribution in [2.24, 2.45) is 5.92 Å². The highest BCUT2D eigenvalue weighted by atomic mass is 15.3. The lowest BCUT2D eigenvalue weighted by Gasteiger charge is -2.25. The van der Waals surface area contributed by atoms with Crippen LogP contribution in [0.25, 0.3) is 5.82 Å². The predicted octanol–water partition coefficient (Wildman–Crippen LogP) is 1.91. The van der Waals surface area contributed by atoms with Gasteiger partial charge in [0.05, 0.1) is 5.69 Å². The van der Waals surface area contributed by atoms with E-state index in [0.29, 0.717) is 5.92 Å². The maximum atomic E-state index is 4.53. The van der Waals surface area contributed by atoms with E-state index in [-0.39, 0.29) is 0 Å². The summed E-state index contributed by atoms with van der Waals surface area (Å²) in [5.74, 6) is 3.51. The Morgan fingerprint density at radius 1 is 1.24 bits per heavy atom. The molecule has 0 spiro atoms. The van der Waals surface area contributed by atoms with Crippen molar-refractivity contribution in [3.05, 3.63) is 53.9 Å². The minimum atomic E-state index is 0.531. The number of anilines is 1. The zero-order valence-electron chi connectivity index (χ0n) is 14.6. The molecule has 4 heterocycles. The summed E-state index contributed by atoms with van der Waals surface area (Å²) in [7, 11) is 0. The molecule has 3 aromatic heterocycles. The summed E-state index contributed by atoms with van der Waals surface area (Å²) in [4.78, 5) is 8.70. The van der Waals surface area contributed by atoms with Crippen molar-refractivity contribution in [3.8, 4) is 5.82 Å². The Balaban J connectivity index is 1.34. The van der Waals surface area contributed by atoms with Gasteiger partial charge in [-0.3, -0.25) is 4.57 Å². The number of pyridine rings is 1. The second kappa shape index (κ2) is 6.68. The Bertz CT molecular complexity index is 864. The van der Waals surface area contributed by atoms with Gasteiger partial charge in [0.25, 0.3) is 0 Å². The van der Waals surface area contributed by atoms with Gasteiger partial charge in [0.1, 0.15) is 17.5 Å². The third kappa shape index (κ3) is 3.41. The lowest BCUT2D eigenvalue weighted by Crippen LogP contribution is -2.35. The van der Waals surface area contributed by atoms with Crippen LogP contribution in [0.3, 0.4) is 0 Å². The lowest BCUT2D eigenvalue weighted by molar-refractivity contribution is 0.390. The first-order chi connectivity index (χ1) is 12.2. The topological polar surface area (TPSA) is 72.6 Å². The van der Waals surface area contributed by atoms with Crippen molar-refractivity contribution < 1.29 is 0 Å². The second-order valence-electron chi connectivity index (χ2n) is 6.60. The molecule has 0 aliphatic carbocycles. The van der Waals surface area contributed by atoms with Crippen molar-refractivity contribution >= 4 is 5.82 Å². The number of nitrogens with zero attached hydrogens (tertiary/aromatic N) is 5. The molecule has 0 fully saturated rings. The smallest absolute Gasteiger partial charge is 0.138 e. The maximum absolute atomic E-state index is 4.53. The van der Waals surface area contributed by atoms with Gasteiger partial charge in [-0.05, 0) is 31.5 Å². The average molecular weight is 337 g/mol. The summed E-state index contributed by atoms with van der Waals surface area (Å²) in [6.07, 6.45) is 5.59. The highest BCUT2D eigenvalue weighted by Gasteiger charge is 2.18. The fraction of sp³-hybridized carbons (Fsp3) is 0.389. The molecule has 1 atom stereocenters. The number of aryl methyl sites for hydroxylation is 2. The molecule has 25 heavy (non-hydrogen) atoms. The summed E-state index contributed by atoms with van der Waals surface area (Å²) >= 11 is 0. The average Bonchev–Trinajstić information content (AvgIpc) is 3.19. The van der Waals surface area contributed by atoms with Gasteiger partial charge in [0.15, 0.2) is 0 Å². The van der Waals surface area contributed by atoms with Gasteiger partial charge >= 0.3 is 0 Å². The summed E-state index contributed by atoms with van der Waals surface area (Å²) in [5, 5.41) is 11.5. The number of hydrogen-bond acceptors (Lipinski definition) is 5. The molecule has 1 aliphatic rings. The van der Waals surface area contributed by atoms with E-state index in [1.54, 1.807) is 6.20 Å². The van der Waals surface area contributed by atoms with Crippen LogP contribution >= 0.6 is 0 Å². The van der Waals surface area contributed by atoms with Gasteiger partial charge in [0.2, 0.25) is 0 Å². The van der Waals surface area contributed by atoms with Crippen LogP contribution in [0.15, 0.2) is 36.8 Å². The fourth-order valence-electron chi connectivity index (χ4n) is 3.26. The first-order valence-electron chi connectivity index (χ1n) is 8.63. The zero-order chi connectivity index (χ0) is 17.2. The van der Waals surface area contributed by atoms with Crippen LogP contribution in [-0.4, -0.2) is 37.4 Å². The zero-order valence-corrected chi connectivity index (χ0v) is 14.6. The highest BCUT2D eigenvalue weighted by Crippen LogP contribution is 2.18. The van der Waals surface area contributed by atoms with Crippen molar-refractivity contribution in [2.45, 2.75) is 26.9 Å². The molecule has 0 bridgehead atoms. The van der Waals surface area contributed by atoms with Crippen LogP contribution in [0.5, 0.6) is 0 Å². The summed E-state index contributed by atoms with van der Waals surface area (Å²) in [5.41, 5.74) is 2.28. The van der Waals surface area contributed by atoms with Crippen LogP contribution in [0.2, 0.25) is 0 Å². The number of imidazole rings is 1.